The van der Waals surface area contributed by atoms with Gasteiger partial charge < -0.3 is 20.5 Å². The van der Waals surface area contributed by atoms with Crippen molar-refractivity contribution >= 4 is 29.9 Å². The summed E-state index contributed by atoms with van der Waals surface area (Å²) < 4.78 is 7.01. The number of aryl methyl sites for hydroxylation is 1. The van der Waals surface area contributed by atoms with Gasteiger partial charge in [-0.2, -0.15) is 5.10 Å². The van der Waals surface area contributed by atoms with E-state index in [1.54, 1.807) is 24.9 Å². The molecule has 1 saturated heterocycles. The number of halogens is 1. The molecule has 3 rings (SSSR count). The molecule has 178 valence electrons. The van der Waals surface area contributed by atoms with Gasteiger partial charge in [0.05, 0.1) is 25.9 Å². The highest BCUT2D eigenvalue weighted by molar-refractivity contribution is 14.0. The molecule has 0 radical (unpaired) electrons. The number of ether oxygens (including phenoxy) is 1. The van der Waals surface area contributed by atoms with Crippen LogP contribution in [0.1, 0.15) is 43.9 Å². The van der Waals surface area contributed by atoms with Gasteiger partial charge in [0.15, 0.2) is 5.96 Å². The molecule has 1 aromatic heterocycles. The number of nitrogens with zero attached hydrogens (tertiary/aromatic N) is 4. The minimum atomic E-state index is -1.08. The number of guanidine groups is 1. The van der Waals surface area contributed by atoms with Gasteiger partial charge in [-0.25, -0.2) is 4.99 Å². The summed E-state index contributed by atoms with van der Waals surface area (Å²) in [6.07, 6.45) is 5.97. The number of hydrogen-bond acceptors (Lipinski definition) is 5. The van der Waals surface area contributed by atoms with E-state index in [4.69, 9.17) is 4.74 Å². The predicted octanol–water partition coefficient (Wildman–Crippen LogP) is 2.65. The Balaban J connectivity index is 0.00000363. The number of rotatable bonds is 9. The van der Waals surface area contributed by atoms with Crippen molar-refractivity contribution in [1.82, 2.24) is 25.3 Å². The number of methoxy groups -OCH3 is 1. The van der Waals surface area contributed by atoms with Crippen molar-refractivity contribution in [3.63, 3.8) is 0 Å². The van der Waals surface area contributed by atoms with E-state index in [2.05, 4.69) is 37.8 Å². The van der Waals surface area contributed by atoms with Crippen LogP contribution in [-0.4, -0.2) is 65.6 Å². The van der Waals surface area contributed by atoms with Crippen molar-refractivity contribution in [2.75, 3.05) is 39.8 Å². The van der Waals surface area contributed by atoms with Crippen molar-refractivity contribution in [1.29, 1.82) is 0 Å². The zero-order valence-corrected chi connectivity index (χ0v) is 21.9. The summed E-state index contributed by atoms with van der Waals surface area (Å²) in [6, 6.07) is 8.56. The zero-order chi connectivity index (χ0) is 22.3. The van der Waals surface area contributed by atoms with Crippen LogP contribution in [0.15, 0.2) is 41.7 Å². The fraction of sp³-hybridized carbons (Fsp3) is 0.565. The molecule has 1 fully saturated rings. The van der Waals surface area contributed by atoms with Gasteiger partial charge in [-0.15, -0.1) is 24.0 Å². The smallest absolute Gasteiger partial charge is 0.191 e. The third-order valence-electron chi connectivity index (χ3n) is 5.76. The molecule has 1 aliphatic rings. The summed E-state index contributed by atoms with van der Waals surface area (Å²) in [5, 5.41) is 21.8. The van der Waals surface area contributed by atoms with Gasteiger partial charge >= 0.3 is 0 Å². The second-order valence-electron chi connectivity index (χ2n) is 8.28. The van der Waals surface area contributed by atoms with Crippen molar-refractivity contribution in [2.45, 2.75) is 38.3 Å². The molecular formula is C23H37IN6O2. The number of nitrogens with one attached hydrogen (secondary N) is 2. The Kier molecular flexibility index (Phi) is 10.2. The SMILES string of the molecule is CCNC(=NCC(C)(O)c1cnn(C)c1)NCC(c1ccc(OC)cc1)N1CCCC1.I. The minimum Gasteiger partial charge on any atom is -0.497 e. The molecule has 2 unspecified atom stereocenters. The molecule has 32 heavy (non-hydrogen) atoms. The first-order valence-corrected chi connectivity index (χ1v) is 11.0. The summed E-state index contributed by atoms with van der Waals surface area (Å²) in [6.45, 7) is 7.72. The Labute approximate surface area is 208 Å². The lowest BCUT2D eigenvalue weighted by atomic mass is 10.0. The highest BCUT2D eigenvalue weighted by Crippen LogP contribution is 2.26. The maximum absolute atomic E-state index is 10.9. The van der Waals surface area contributed by atoms with E-state index in [9.17, 15) is 5.11 Å². The summed E-state index contributed by atoms with van der Waals surface area (Å²) in [7, 11) is 3.53. The number of benzene rings is 1. The zero-order valence-electron chi connectivity index (χ0n) is 19.5. The Bertz CT molecular complexity index is 846. The molecule has 9 heteroatoms. The third-order valence-corrected chi connectivity index (χ3v) is 5.76. The monoisotopic (exact) mass is 556 g/mol. The first-order chi connectivity index (χ1) is 14.9. The lowest BCUT2D eigenvalue weighted by molar-refractivity contribution is 0.0671. The quantitative estimate of drug-likeness (QED) is 0.250. The van der Waals surface area contributed by atoms with Gasteiger partial charge in [0.25, 0.3) is 0 Å². The standard InChI is InChI=1S/C23H36N6O2.HI/c1-5-24-22(26-17-23(2,30)19-14-27-28(3)16-19)25-15-21(29-12-6-7-13-29)18-8-10-20(31-4)11-9-18;/h8-11,14,16,21,30H,5-7,12-13,15,17H2,1-4H3,(H2,24,25,26);1H. The number of hydrogen-bond donors (Lipinski definition) is 3. The van der Waals surface area contributed by atoms with Crippen molar-refractivity contribution in [3.8, 4) is 5.75 Å². The van der Waals surface area contributed by atoms with Gasteiger partial charge in [0.1, 0.15) is 11.4 Å². The van der Waals surface area contributed by atoms with E-state index in [0.717, 1.165) is 37.5 Å². The van der Waals surface area contributed by atoms with Crippen molar-refractivity contribution < 1.29 is 9.84 Å². The van der Waals surface area contributed by atoms with Crippen LogP contribution in [-0.2, 0) is 12.6 Å². The van der Waals surface area contributed by atoms with Crippen molar-refractivity contribution in [3.05, 3.63) is 47.8 Å². The lowest BCUT2D eigenvalue weighted by Crippen LogP contribution is -2.43. The van der Waals surface area contributed by atoms with Gasteiger partial charge in [0.2, 0.25) is 0 Å². The number of aliphatic hydroxyl groups is 1. The Morgan fingerprint density at radius 2 is 1.94 bits per heavy atom. The number of aliphatic imine (C=N–C) groups is 1. The van der Waals surface area contributed by atoms with Crippen LogP contribution >= 0.6 is 24.0 Å². The van der Waals surface area contributed by atoms with E-state index >= 15 is 0 Å². The fourth-order valence-corrected chi connectivity index (χ4v) is 3.90. The largest absolute Gasteiger partial charge is 0.497 e. The van der Waals surface area contributed by atoms with Gasteiger partial charge in [-0.1, -0.05) is 12.1 Å². The normalized spacial score (nSPS) is 17.3. The Morgan fingerprint density at radius 3 is 2.50 bits per heavy atom. The van der Waals surface area contributed by atoms with Crippen LogP contribution in [0.2, 0.25) is 0 Å². The molecule has 2 heterocycles. The van der Waals surface area contributed by atoms with Gasteiger partial charge in [-0.05, 0) is 57.5 Å². The fourth-order valence-electron chi connectivity index (χ4n) is 3.90. The van der Waals surface area contributed by atoms with E-state index < -0.39 is 5.60 Å². The number of aromatic nitrogens is 2. The summed E-state index contributed by atoms with van der Waals surface area (Å²) >= 11 is 0. The molecule has 0 spiro atoms. The summed E-state index contributed by atoms with van der Waals surface area (Å²) in [4.78, 5) is 7.18. The van der Waals surface area contributed by atoms with E-state index in [1.165, 1.54) is 18.4 Å². The highest BCUT2D eigenvalue weighted by Gasteiger charge is 2.26. The first kappa shape index (κ1) is 26.4. The maximum atomic E-state index is 10.9. The summed E-state index contributed by atoms with van der Waals surface area (Å²) in [5.74, 6) is 1.56. The van der Waals surface area contributed by atoms with Crippen LogP contribution in [0.4, 0.5) is 0 Å². The van der Waals surface area contributed by atoms with Crippen LogP contribution in [0.25, 0.3) is 0 Å². The third kappa shape index (κ3) is 7.08. The molecule has 8 nitrogen and oxygen atoms in total. The topological polar surface area (TPSA) is 86.9 Å². The van der Waals surface area contributed by atoms with Gasteiger partial charge in [-0.3, -0.25) is 9.58 Å². The highest BCUT2D eigenvalue weighted by atomic mass is 127. The molecule has 2 atom stereocenters. The average Bonchev–Trinajstić information content (AvgIpc) is 3.45. The average molecular weight is 556 g/mol. The van der Waals surface area contributed by atoms with E-state index in [-0.39, 0.29) is 36.6 Å². The lowest BCUT2D eigenvalue weighted by Gasteiger charge is -2.29. The minimum absolute atomic E-state index is 0. The van der Waals surface area contributed by atoms with E-state index in [0.29, 0.717) is 5.96 Å². The van der Waals surface area contributed by atoms with Crippen LogP contribution < -0.4 is 15.4 Å². The van der Waals surface area contributed by atoms with Crippen LogP contribution in [0.5, 0.6) is 5.75 Å². The molecule has 0 aliphatic carbocycles. The molecule has 2 aromatic rings. The Hall–Kier alpha value is -1.85. The molecular weight excluding hydrogens is 519 g/mol. The molecule has 1 aromatic carbocycles. The van der Waals surface area contributed by atoms with Crippen molar-refractivity contribution in [2.24, 2.45) is 12.0 Å². The predicted molar refractivity (Wildman–Crippen MR) is 139 cm³/mol. The van der Waals surface area contributed by atoms with Crippen LogP contribution in [0, 0.1) is 0 Å². The molecule has 3 N–H and O–H groups in total. The Morgan fingerprint density at radius 1 is 1.25 bits per heavy atom. The number of likely N-dealkylation sites (tertiary alicyclic amines) is 1. The summed E-state index contributed by atoms with van der Waals surface area (Å²) in [5.41, 5.74) is 0.928. The van der Waals surface area contributed by atoms with Crippen LogP contribution in [0.3, 0.4) is 0 Å². The molecule has 0 bridgehead atoms. The van der Waals surface area contributed by atoms with Gasteiger partial charge in [0, 0.05) is 31.9 Å². The second-order valence-corrected chi connectivity index (χ2v) is 8.28. The van der Waals surface area contributed by atoms with E-state index in [1.807, 2.05) is 32.3 Å². The molecule has 1 aliphatic heterocycles. The molecule has 0 saturated carbocycles. The second kappa shape index (κ2) is 12.4. The first-order valence-electron chi connectivity index (χ1n) is 11.0. The maximum Gasteiger partial charge on any atom is 0.191 e. The molecule has 0 amide bonds.